The average Bonchev–Trinajstić information content (AvgIpc) is 2.64. The summed E-state index contributed by atoms with van der Waals surface area (Å²) in [5.41, 5.74) is -2.85. The van der Waals surface area contributed by atoms with Gasteiger partial charge in [-0.1, -0.05) is 0 Å². The van der Waals surface area contributed by atoms with E-state index < -0.39 is 41.7 Å². The Morgan fingerprint density at radius 1 is 0.793 bits per heavy atom. The number of hydrogen-bond donors (Lipinski definition) is 1. The molecule has 0 saturated carbocycles. The molecule has 0 unspecified atom stereocenters. The van der Waals surface area contributed by atoms with Crippen molar-refractivity contribution < 1.29 is 45.3 Å². The minimum Gasteiger partial charge on any atom is -0.497 e. The number of carbonyl (C=O) groups excluding carboxylic acids is 1. The molecule has 0 fully saturated rings. The zero-order valence-electron chi connectivity index (χ0n) is 15.1. The molecule has 5 nitrogen and oxygen atoms in total. The van der Waals surface area contributed by atoms with Crippen LogP contribution >= 0.6 is 0 Å². The second kappa shape index (κ2) is 8.50. The standard InChI is InChI=1S/C18H15F6NO4/c1-27-13-6-12(7-14(8-13)28-2)25-16(26)9-29-15-4-10(17(19,20)21)3-11(5-15)18(22,23)24/h3-8H,9H2,1-2H3,(H,25,26). The van der Waals surface area contributed by atoms with Gasteiger partial charge in [0, 0.05) is 23.9 Å². The topological polar surface area (TPSA) is 56.8 Å². The van der Waals surface area contributed by atoms with Crippen molar-refractivity contribution in [2.24, 2.45) is 0 Å². The average molecular weight is 423 g/mol. The lowest BCUT2D eigenvalue weighted by atomic mass is 10.1. The molecular weight excluding hydrogens is 408 g/mol. The zero-order valence-corrected chi connectivity index (χ0v) is 15.1. The van der Waals surface area contributed by atoms with Crippen LogP contribution in [0.3, 0.4) is 0 Å². The third-order valence-corrected chi connectivity index (χ3v) is 3.57. The first-order valence-electron chi connectivity index (χ1n) is 7.87. The van der Waals surface area contributed by atoms with E-state index in [-0.39, 0.29) is 11.8 Å². The zero-order chi connectivity index (χ0) is 21.8. The van der Waals surface area contributed by atoms with Gasteiger partial charge in [0.05, 0.1) is 25.3 Å². The SMILES string of the molecule is COc1cc(NC(=O)COc2cc(C(F)(F)F)cc(C(F)(F)F)c2)cc(OC)c1. The molecule has 1 amide bonds. The molecule has 11 heteroatoms. The van der Waals surface area contributed by atoms with Crippen LogP contribution < -0.4 is 19.5 Å². The van der Waals surface area contributed by atoms with Crippen LogP contribution in [-0.2, 0) is 17.1 Å². The predicted molar refractivity (Wildman–Crippen MR) is 90.1 cm³/mol. The van der Waals surface area contributed by atoms with Crippen LogP contribution in [0.4, 0.5) is 32.0 Å². The van der Waals surface area contributed by atoms with Gasteiger partial charge < -0.3 is 19.5 Å². The normalized spacial score (nSPS) is 11.7. The minimum atomic E-state index is -5.02. The number of carbonyl (C=O) groups is 1. The molecule has 0 saturated heterocycles. The van der Waals surface area contributed by atoms with E-state index in [9.17, 15) is 31.1 Å². The lowest BCUT2D eigenvalue weighted by Gasteiger charge is -2.15. The molecule has 0 bridgehead atoms. The van der Waals surface area contributed by atoms with Gasteiger partial charge in [0.15, 0.2) is 6.61 Å². The molecule has 0 heterocycles. The summed E-state index contributed by atoms with van der Waals surface area (Å²) in [6.45, 7) is -0.821. The molecule has 0 spiro atoms. The predicted octanol–water partition coefficient (Wildman–Crippen LogP) is 4.76. The van der Waals surface area contributed by atoms with Crippen molar-refractivity contribution in [1.82, 2.24) is 0 Å². The molecule has 0 aliphatic carbocycles. The Bertz CT molecular complexity index is 825. The summed E-state index contributed by atoms with van der Waals surface area (Å²) in [4.78, 5) is 12.0. The third kappa shape index (κ3) is 6.19. The van der Waals surface area contributed by atoms with Gasteiger partial charge in [-0.2, -0.15) is 26.3 Å². The Hall–Kier alpha value is -3.11. The van der Waals surface area contributed by atoms with Crippen LogP contribution in [0.2, 0.25) is 0 Å². The summed E-state index contributed by atoms with van der Waals surface area (Å²) >= 11 is 0. The van der Waals surface area contributed by atoms with Crippen molar-refractivity contribution in [2.45, 2.75) is 12.4 Å². The van der Waals surface area contributed by atoms with Crippen LogP contribution in [0, 0.1) is 0 Å². The highest BCUT2D eigenvalue weighted by atomic mass is 19.4. The van der Waals surface area contributed by atoms with E-state index in [4.69, 9.17) is 14.2 Å². The van der Waals surface area contributed by atoms with Gasteiger partial charge in [0.2, 0.25) is 0 Å². The van der Waals surface area contributed by atoms with E-state index in [0.29, 0.717) is 23.6 Å². The molecule has 0 atom stereocenters. The first-order valence-corrected chi connectivity index (χ1v) is 7.87. The lowest BCUT2D eigenvalue weighted by Crippen LogP contribution is -2.20. The van der Waals surface area contributed by atoms with Crippen LogP contribution in [0.15, 0.2) is 36.4 Å². The van der Waals surface area contributed by atoms with Crippen LogP contribution in [0.1, 0.15) is 11.1 Å². The summed E-state index contributed by atoms with van der Waals surface area (Å²) in [7, 11) is 2.77. The van der Waals surface area contributed by atoms with Gasteiger partial charge in [0.25, 0.3) is 5.91 Å². The molecule has 2 aromatic rings. The molecule has 2 aromatic carbocycles. The smallest absolute Gasteiger partial charge is 0.416 e. The number of ether oxygens (including phenoxy) is 3. The first kappa shape index (κ1) is 22.2. The van der Waals surface area contributed by atoms with Gasteiger partial charge in [0.1, 0.15) is 17.2 Å². The number of benzene rings is 2. The summed E-state index contributed by atoms with van der Waals surface area (Å²) in [5.74, 6) is -0.849. The number of rotatable bonds is 6. The van der Waals surface area contributed by atoms with Crippen molar-refractivity contribution in [3.8, 4) is 17.2 Å². The van der Waals surface area contributed by atoms with Gasteiger partial charge in [-0.3, -0.25) is 4.79 Å². The number of nitrogens with one attached hydrogen (secondary N) is 1. The van der Waals surface area contributed by atoms with E-state index in [0.717, 1.165) is 0 Å². The van der Waals surface area contributed by atoms with Crippen LogP contribution in [-0.4, -0.2) is 26.7 Å². The van der Waals surface area contributed by atoms with Crippen molar-refractivity contribution >= 4 is 11.6 Å². The van der Waals surface area contributed by atoms with Gasteiger partial charge in [-0.15, -0.1) is 0 Å². The molecular formula is C18H15F6NO4. The molecule has 0 radical (unpaired) electrons. The third-order valence-electron chi connectivity index (χ3n) is 3.57. The van der Waals surface area contributed by atoms with E-state index in [1.54, 1.807) is 0 Å². The van der Waals surface area contributed by atoms with Crippen LogP contribution in [0.5, 0.6) is 17.2 Å². The minimum absolute atomic E-state index is 0.0323. The Balaban J connectivity index is 2.16. The van der Waals surface area contributed by atoms with E-state index in [1.165, 1.54) is 32.4 Å². The summed E-state index contributed by atoms with van der Waals surface area (Å²) in [6, 6.07) is 5.15. The summed E-state index contributed by atoms with van der Waals surface area (Å²) in [5, 5.41) is 2.38. The molecule has 29 heavy (non-hydrogen) atoms. The number of anilines is 1. The second-order valence-corrected chi connectivity index (χ2v) is 5.68. The Morgan fingerprint density at radius 3 is 1.69 bits per heavy atom. The highest BCUT2D eigenvalue weighted by Crippen LogP contribution is 2.38. The molecule has 2 rings (SSSR count). The number of halogens is 6. The van der Waals surface area contributed by atoms with Crippen molar-refractivity contribution in [3.63, 3.8) is 0 Å². The summed E-state index contributed by atoms with van der Waals surface area (Å²) in [6.07, 6.45) is -10.0. The van der Waals surface area contributed by atoms with Crippen LogP contribution in [0.25, 0.3) is 0 Å². The maximum Gasteiger partial charge on any atom is 0.416 e. The maximum atomic E-state index is 12.8. The fourth-order valence-corrected chi connectivity index (χ4v) is 2.24. The number of hydrogen-bond acceptors (Lipinski definition) is 4. The van der Waals surface area contributed by atoms with Gasteiger partial charge >= 0.3 is 12.4 Å². The molecule has 0 aliphatic heterocycles. The lowest BCUT2D eigenvalue weighted by molar-refractivity contribution is -0.143. The second-order valence-electron chi connectivity index (χ2n) is 5.68. The monoisotopic (exact) mass is 423 g/mol. The fourth-order valence-electron chi connectivity index (χ4n) is 2.24. The highest BCUT2D eigenvalue weighted by Gasteiger charge is 2.37. The largest absolute Gasteiger partial charge is 0.497 e. The Kier molecular flexibility index (Phi) is 6.50. The number of methoxy groups -OCH3 is 2. The fraction of sp³-hybridized carbons (Fsp3) is 0.278. The summed E-state index contributed by atoms with van der Waals surface area (Å²) < 4.78 is 91.9. The number of amides is 1. The molecule has 158 valence electrons. The number of alkyl halides is 6. The first-order chi connectivity index (χ1) is 13.4. The quantitative estimate of drug-likeness (QED) is 0.681. The van der Waals surface area contributed by atoms with E-state index in [1.807, 2.05) is 0 Å². The Morgan fingerprint density at radius 2 is 1.28 bits per heavy atom. The Labute approximate surface area is 161 Å². The molecule has 0 aliphatic rings. The van der Waals surface area contributed by atoms with E-state index in [2.05, 4.69) is 5.32 Å². The molecule has 0 aromatic heterocycles. The molecule has 1 N–H and O–H groups in total. The van der Waals surface area contributed by atoms with Gasteiger partial charge in [-0.25, -0.2) is 0 Å². The maximum absolute atomic E-state index is 12.8. The van der Waals surface area contributed by atoms with Crippen molar-refractivity contribution in [1.29, 1.82) is 0 Å². The van der Waals surface area contributed by atoms with E-state index >= 15 is 0 Å². The van der Waals surface area contributed by atoms with Crippen molar-refractivity contribution in [3.05, 3.63) is 47.5 Å². The van der Waals surface area contributed by atoms with Crippen molar-refractivity contribution in [2.75, 3.05) is 26.1 Å². The highest BCUT2D eigenvalue weighted by molar-refractivity contribution is 5.92. The van der Waals surface area contributed by atoms with Gasteiger partial charge in [-0.05, 0) is 18.2 Å².